The molecule has 0 aliphatic rings. The molecular formula is C13H19NO3. The first kappa shape index (κ1) is 13.5. The standard InChI is InChI=1S/C13H19NO3/c1-8-6-5-7-9(10(8)15)11(14)13(2,3)12(16)17-4/h5-7,11,15H,14H2,1-4H3/t11-/m1/s1. The number of aromatic hydroxyl groups is 1. The number of rotatable bonds is 3. The molecule has 0 aromatic heterocycles. The van der Waals surface area contributed by atoms with E-state index < -0.39 is 17.4 Å². The van der Waals surface area contributed by atoms with E-state index in [2.05, 4.69) is 0 Å². The zero-order chi connectivity index (χ0) is 13.2. The summed E-state index contributed by atoms with van der Waals surface area (Å²) < 4.78 is 4.73. The van der Waals surface area contributed by atoms with Crippen molar-refractivity contribution in [1.82, 2.24) is 0 Å². The van der Waals surface area contributed by atoms with Gasteiger partial charge >= 0.3 is 5.97 Å². The number of carbonyl (C=O) groups excluding carboxylic acids is 1. The molecule has 0 fully saturated rings. The van der Waals surface area contributed by atoms with Crippen LogP contribution in [0.15, 0.2) is 18.2 Å². The van der Waals surface area contributed by atoms with Crippen LogP contribution in [0.25, 0.3) is 0 Å². The van der Waals surface area contributed by atoms with E-state index in [1.165, 1.54) is 7.11 Å². The van der Waals surface area contributed by atoms with Crippen molar-refractivity contribution in [3.63, 3.8) is 0 Å². The number of phenols is 1. The Morgan fingerprint density at radius 3 is 2.59 bits per heavy atom. The summed E-state index contributed by atoms with van der Waals surface area (Å²) in [5, 5.41) is 9.95. The van der Waals surface area contributed by atoms with Crippen LogP contribution < -0.4 is 5.73 Å². The van der Waals surface area contributed by atoms with Crippen LogP contribution in [0.2, 0.25) is 0 Å². The Hall–Kier alpha value is -1.55. The SMILES string of the molecule is COC(=O)C(C)(C)[C@H](N)c1cccc(C)c1O. The molecule has 0 amide bonds. The lowest BCUT2D eigenvalue weighted by Crippen LogP contribution is -2.37. The normalized spacial score (nSPS) is 13.2. The van der Waals surface area contributed by atoms with Crippen molar-refractivity contribution in [2.45, 2.75) is 26.8 Å². The molecule has 94 valence electrons. The maximum absolute atomic E-state index is 11.7. The highest BCUT2D eigenvalue weighted by Crippen LogP contribution is 2.37. The van der Waals surface area contributed by atoms with E-state index in [0.29, 0.717) is 5.56 Å². The van der Waals surface area contributed by atoms with Crippen LogP contribution in [0.5, 0.6) is 5.75 Å². The molecule has 0 saturated heterocycles. The Balaban J connectivity index is 3.16. The van der Waals surface area contributed by atoms with Crippen LogP contribution in [-0.4, -0.2) is 18.2 Å². The van der Waals surface area contributed by atoms with Gasteiger partial charge in [0.1, 0.15) is 5.75 Å². The number of para-hydroxylation sites is 1. The van der Waals surface area contributed by atoms with Crippen LogP contribution in [0, 0.1) is 12.3 Å². The van der Waals surface area contributed by atoms with E-state index in [9.17, 15) is 9.90 Å². The quantitative estimate of drug-likeness (QED) is 0.787. The van der Waals surface area contributed by atoms with Gasteiger partial charge in [-0.25, -0.2) is 0 Å². The molecular weight excluding hydrogens is 218 g/mol. The fourth-order valence-corrected chi connectivity index (χ4v) is 1.71. The first-order chi connectivity index (χ1) is 7.82. The molecule has 4 nitrogen and oxygen atoms in total. The largest absolute Gasteiger partial charge is 0.507 e. The third-order valence-corrected chi connectivity index (χ3v) is 3.09. The molecule has 1 aromatic rings. The highest BCUT2D eigenvalue weighted by atomic mass is 16.5. The number of benzene rings is 1. The summed E-state index contributed by atoms with van der Waals surface area (Å²) in [4.78, 5) is 11.7. The van der Waals surface area contributed by atoms with E-state index in [0.717, 1.165) is 5.56 Å². The van der Waals surface area contributed by atoms with E-state index in [-0.39, 0.29) is 5.75 Å². The van der Waals surface area contributed by atoms with Crippen molar-refractivity contribution in [2.24, 2.45) is 11.1 Å². The van der Waals surface area contributed by atoms with Crippen molar-refractivity contribution in [3.8, 4) is 5.75 Å². The molecule has 0 aliphatic heterocycles. The fraction of sp³-hybridized carbons (Fsp3) is 0.462. The number of hydrogen-bond acceptors (Lipinski definition) is 4. The van der Waals surface area contributed by atoms with Crippen molar-refractivity contribution in [2.75, 3.05) is 7.11 Å². The monoisotopic (exact) mass is 237 g/mol. The summed E-state index contributed by atoms with van der Waals surface area (Å²) in [6.45, 7) is 5.19. The van der Waals surface area contributed by atoms with Gasteiger partial charge in [0.2, 0.25) is 0 Å². The van der Waals surface area contributed by atoms with Gasteiger partial charge < -0.3 is 15.6 Å². The molecule has 0 saturated carbocycles. The molecule has 0 unspecified atom stereocenters. The summed E-state index contributed by atoms with van der Waals surface area (Å²) in [6, 6.07) is 4.70. The minimum atomic E-state index is -0.889. The molecule has 0 heterocycles. The number of aryl methyl sites for hydroxylation is 1. The van der Waals surface area contributed by atoms with Crippen molar-refractivity contribution >= 4 is 5.97 Å². The van der Waals surface area contributed by atoms with Crippen LogP contribution in [0.3, 0.4) is 0 Å². The highest BCUT2D eigenvalue weighted by molar-refractivity contribution is 5.77. The van der Waals surface area contributed by atoms with Gasteiger partial charge in [-0.2, -0.15) is 0 Å². The number of phenolic OH excluding ortho intramolecular Hbond substituents is 1. The lowest BCUT2D eigenvalue weighted by molar-refractivity contribution is -0.152. The highest BCUT2D eigenvalue weighted by Gasteiger charge is 2.37. The van der Waals surface area contributed by atoms with Gasteiger partial charge in [0.25, 0.3) is 0 Å². The number of carbonyl (C=O) groups is 1. The second kappa shape index (κ2) is 4.75. The molecule has 1 rings (SSSR count). The first-order valence-electron chi connectivity index (χ1n) is 5.44. The molecule has 1 atom stereocenters. The summed E-state index contributed by atoms with van der Waals surface area (Å²) in [5.74, 6) is -0.261. The Morgan fingerprint density at radius 1 is 1.47 bits per heavy atom. The minimum Gasteiger partial charge on any atom is -0.507 e. The topological polar surface area (TPSA) is 72.5 Å². The lowest BCUT2D eigenvalue weighted by atomic mass is 9.80. The number of hydrogen-bond donors (Lipinski definition) is 2. The van der Waals surface area contributed by atoms with Crippen LogP contribution in [-0.2, 0) is 9.53 Å². The van der Waals surface area contributed by atoms with Gasteiger partial charge in [-0.15, -0.1) is 0 Å². The third kappa shape index (κ3) is 2.42. The Morgan fingerprint density at radius 2 is 2.06 bits per heavy atom. The summed E-state index contributed by atoms with van der Waals surface area (Å²) in [6.07, 6.45) is 0. The molecule has 0 aliphatic carbocycles. The van der Waals surface area contributed by atoms with E-state index >= 15 is 0 Å². The van der Waals surface area contributed by atoms with Crippen LogP contribution in [0.1, 0.15) is 31.0 Å². The van der Waals surface area contributed by atoms with E-state index in [1.807, 2.05) is 0 Å². The first-order valence-corrected chi connectivity index (χ1v) is 5.44. The second-order valence-electron chi connectivity index (χ2n) is 4.70. The molecule has 0 spiro atoms. The molecule has 3 N–H and O–H groups in total. The van der Waals surface area contributed by atoms with Crippen LogP contribution in [0.4, 0.5) is 0 Å². The fourth-order valence-electron chi connectivity index (χ4n) is 1.71. The average Bonchev–Trinajstić information content (AvgIpc) is 2.30. The van der Waals surface area contributed by atoms with Crippen molar-refractivity contribution in [3.05, 3.63) is 29.3 Å². The molecule has 1 aromatic carbocycles. The molecule has 0 bridgehead atoms. The second-order valence-corrected chi connectivity index (χ2v) is 4.70. The van der Waals surface area contributed by atoms with Gasteiger partial charge in [0, 0.05) is 11.6 Å². The predicted octanol–water partition coefficient (Wildman–Crippen LogP) is 1.90. The predicted molar refractivity (Wildman–Crippen MR) is 65.6 cm³/mol. The van der Waals surface area contributed by atoms with Gasteiger partial charge in [0.05, 0.1) is 12.5 Å². The van der Waals surface area contributed by atoms with Gasteiger partial charge in [-0.05, 0) is 26.3 Å². The smallest absolute Gasteiger partial charge is 0.313 e. The number of ether oxygens (including phenoxy) is 1. The molecule has 0 radical (unpaired) electrons. The Labute approximate surface area is 101 Å². The Kier molecular flexibility index (Phi) is 3.78. The zero-order valence-electron chi connectivity index (χ0n) is 10.7. The summed E-state index contributed by atoms with van der Waals surface area (Å²) in [7, 11) is 1.33. The van der Waals surface area contributed by atoms with Crippen molar-refractivity contribution < 1.29 is 14.6 Å². The minimum absolute atomic E-state index is 0.136. The average molecular weight is 237 g/mol. The van der Waals surface area contributed by atoms with Gasteiger partial charge in [-0.1, -0.05) is 18.2 Å². The summed E-state index contributed by atoms with van der Waals surface area (Å²) >= 11 is 0. The van der Waals surface area contributed by atoms with Crippen molar-refractivity contribution in [1.29, 1.82) is 0 Å². The van der Waals surface area contributed by atoms with Crippen LogP contribution >= 0.6 is 0 Å². The number of methoxy groups -OCH3 is 1. The summed E-state index contributed by atoms with van der Waals surface area (Å²) in [5.41, 5.74) is 6.46. The number of nitrogens with two attached hydrogens (primary N) is 1. The zero-order valence-corrected chi connectivity index (χ0v) is 10.7. The lowest BCUT2D eigenvalue weighted by Gasteiger charge is -2.29. The molecule has 4 heteroatoms. The third-order valence-electron chi connectivity index (χ3n) is 3.09. The van der Waals surface area contributed by atoms with Gasteiger partial charge in [-0.3, -0.25) is 4.79 Å². The van der Waals surface area contributed by atoms with E-state index in [1.54, 1.807) is 39.0 Å². The molecule has 17 heavy (non-hydrogen) atoms. The number of esters is 1. The van der Waals surface area contributed by atoms with Gasteiger partial charge in [0.15, 0.2) is 0 Å². The Bertz CT molecular complexity index is 427. The van der Waals surface area contributed by atoms with E-state index in [4.69, 9.17) is 10.5 Å². The maximum Gasteiger partial charge on any atom is 0.313 e. The maximum atomic E-state index is 11.7.